The van der Waals surface area contributed by atoms with Gasteiger partial charge in [-0.05, 0) is 48.7 Å². The third-order valence-corrected chi connectivity index (χ3v) is 8.40. The van der Waals surface area contributed by atoms with Crippen LogP contribution in [0.1, 0.15) is 24.5 Å². The SMILES string of the molecule is C[C@H]1CSc2ccc(S(=O)(=O)NCCCN3CCc4ccccc4C3)cc2NC1=O. The number of nitrogens with zero attached hydrogens (tertiary/aromatic N) is 1. The first-order valence-corrected chi connectivity index (χ1v) is 12.8. The minimum Gasteiger partial charge on any atom is -0.325 e. The fraction of sp³-hybridized carbons (Fsp3) is 0.409. The van der Waals surface area contributed by atoms with Gasteiger partial charge in [0.25, 0.3) is 0 Å². The Balaban J connectivity index is 1.32. The van der Waals surface area contributed by atoms with E-state index in [-0.39, 0.29) is 16.7 Å². The number of thioether (sulfide) groups is 1. The number of anilines is 1. The third kappa shape index (κ3) is 4.88. The van der Waals surface area contributed by atoms with Crippen LogP contribution in [0.3, 0.4) is 0 Å². The Morgan fingerprint density at radius 3 is 2.83 bits per heavy atom. The molecule has 0 aromatic heterocycles. The summed E-state index contributed by atoms with van der Waals surface area (Å²) in [6.07, 6.45) is 1.79. The molecule has 0 unspecified atom stereocenters. The number of sulfonamides is 1. The summed E-state index contributed by atoms with van der Waals surface area (Å²) < 4.78 is 28.1. The fourth-order valence-electron chi connectivity index (χ4n) is 3.78. The zero-order chi connectivity index (χ0) is 21.1. The van der Waals surface area contributed by atoms with Crippen molar-refractivity contribution in [2.45, 2.75) is 36.1 Å². The lowest BCUT2D eigenvalue weighted by molar-refractivity contribution is -0.118. The molecular weight excluding hydrogens is 418 g/mol. The summed E-state index contributed by atoms with van der Waals surface area (Å²) in [5, 5.41) is 2.84. The molecule has 0 saturated heterocycles. The van der Waals surface area contributed by atoms with Crippen molar-refractivity contribution in [3.05, 3.63) is 53.6 Å². The van der Waals surface area contributed by atoms with Gasteiger partial charge in [0.15, 0.2) is 0 Å². The molecular formula is C22H27N3O3S2. The molecule has 2 aromatic rings. The van der Waals surface area contributed by atoms with Gasteiger partial charge in [0, 0.05) is 36.2 Å². The number of hydrogen-bond donors (Lipinski definition) is 2. The quantitative estimate of drug-likeness (QED) is 0.668. The van der Waals surface area contributed by atoms with E-state index in [9.17, 15) is 13.2 Å². The second-order valence-corrected chi connectivity index (χ2v) is 10.7. The number of amides is 1. The highest BCUT2D eigenvalue weighted by Crippen LogP contribution is 2.34. The summed E-state index contributed by atoms with van der Waals surface area (Å²) in [5.74, 6) is 0.499. The van der Waals surface area contributed by atoms with Crippen LogP contribution in [0.15, 0.2) is 52.3 Å². The molecule has 1 amide bonds. The molecule has 0 bridgehead atoms. The summed E-state index contributed by atoms with van der Waals surface area (Å²) >= 11 is 1.57. The number of nitrogens with one attached hydrogen (secondary N) is 2. The lowest BCUT2D eigenvalue weighted by Gasteiger charge is -2.28. The van der Waals surface area contributed by atoms with Crippen molar-refractivity contribution in [3.8, 4) is 0 Å². The van der Waals surface area contributed by atoms with Crippen LogP contribution >= 0.6 is 11.8 Å². The molecule has 30 heavy (non-hydrogen) atoms. The standard InChI is InChI=1S/C22H27N3O3S2/c1-16-15-29-21-8-7-19(13-20(21)24-22(16)26)30(27,28)23-10-4-11-25-12-9-17-5-2-3-6-18(17)14-25/h2-3,5-8,13,16,23H,4,9-12,14-15H2,1H3,(H,24,26)/t16-/m0/s1. The summed E-state index contributed by atoms with van der Waals surface area (Å²) in [6.45, 7) is 5.03. The van der Waals surface area contributed by atoms with E-state index in [0.29, 0.717) is 18.0 Å². The topological polar surface area (TPSA) is 78.5 Å². The largest absolute Gasteiger partial charge is 0.325 e. The van der Waals surface area contributed by atoms with Gasteiger partial charge in [-0.25, -0.2) is 13.1 Å². The first kappa shape index (κ1) is 21.4. The van der Waals surface area contributed by atoms with E-state index in [4.69, 9.17) is 0 Å². The van der Waals surface area contributed by atoms with Crippen LogP contribution in [-0.2, 0) is 27.8 Å². The average molecular weight is 446 g/mol. The minimum atomic E-state index is -3.62. The maximum absolute atomic E-state index is 12.7. The van der Waals surface area contributed by atoms with Gasteiger partial charge in [-0.15, -0.1) is 11.8 Å². The van der Waals surface area contributed by atoms with Crippen LogP contribution in [0.2, 0.25) is 0 Å². The summed E-state index contributed by atoms with van der Waals surface area (Å²) in [4.78, 5) is 15.5. The van der Waals surface area contributed by atoms with Crippen LogP contribution in [-0.4, -0.2) is 44.6 Å². The molecule has 0 aliphatic carbocycles. The molecule has 0 fully saturated rings. The normalized spacial score (nSPS) is 19.5. The van der Waals surface area contributed by atoms with E-state index in [1.165, 1.54) is 11.1 Å². The molecule has 2 aromatic carbocycles. The van der Waals surface area contributed by atoms with Crippen LogP contribution in [0.5, 0.6) is 0 Å². The van der Waals surface area contributed by atoms with E-state index in [0.717, 1.165) is 37.4 Å². The van der Waals surface area contributed by atoms with E-state index in [1.807, 2.05) is 6.92 Å². The Kier molecular flexibility index (Phi) is 6.48. The van der Waals surface area contributed by atoms with E-state index >= 15 is 0 Å². The van der Waals surface area contributed by atoms with Gasteiger partial charge in [-0.2, -0.15) is 0 Å². The number of carbonyl (C=O) groups excluding carboxylic acids is 1. The number of rotatable bonds is 6. The maximum Gasteiger partial charge on any atom is 0.240 e. The highest BCUT2D eigenvalue weighted by Gasteiger charge is 2.23. The predicted octanol–water partition coefficient (Wildman–Crippen LogP) is 3.09. The van der Waals surface area contributed by atoms with Gasteiger partial charge >= 0.3 is 0 Å². The average Bonchev–Trinajstić information content (AvgIpc) is 2.89. The molecule has 4 rings (SSSR count). The smallest absolute Gasteiger partial charge is 0.240 e. The number of hydrogen-bond acceptors (Lipinski definition) is 5. The predicted molar refractivity (Wildman–Crippen MR) is 120 cm³/mol. The summed E-state index contributed by atoms with van der Waals surface area (Å²) in [6, 6.07) is 13.4. The Morgan fingerprint density at radius 1 is 1.20 bits per heavy atom. The minimum absolute atomic E-state index is 0.0770. The van der Waals surface area contributed by atoms with Gasteiger partial charge in [0.2, 0.25) is 15.9 Å². The molecule has 0 saturated carbocycles. The summed E-state index contributed by atoms with van der Waals surface area (Å²) in [7, 11) is -3.62. The number of fused-ring (bicyclic) bond motifs is 2. The van der Waals surface area contributed by atoms with Crippen LogP contribution in [0.25, 0.3) is 0 Å². The third-order valence-electron chi connectivity index (χ3n) is 5.61. The van der Waals surface area contributed by atoms with Crippen molar-refractivity contribution < 1.29 is 13.2 Å². The zero-order valence-electron chi connectivity index (χ0n) is 17.1. The van der Waals surface area contributed by atoms with Gasteiger partial charge in [-0.1, -0.05) is 31.2 Å². The molecule has 1 atom stereocenters. The molecule has 160 valence electrons. The first-order valence-electron chi connectivity index (χ1n) is 10.3. The Labute approximate surface area is 182 Å². The molecule has 2 N–H and O–H groups in total. The zero-order valence-corrected chi connectivity index (χ0v) is 18.7. The molecule has 6 nitrogen and oxygen atoms in total. The van der Waals surface area contributed by atoms with E-state index in [1.54, 1.807) is 30.0 Å². The van der Waals surface area contributed by atoms with Gasteiger partial charge < -0.3 is 5.32 Å². The Morgan fingerprint density at radius 2 is 2.00 bits per heavy atom. The van der Waals surface area contributed by atoms with Crippen molar-refractivity contribution in [2.75, 3.05) is 30.7 Å². The van der Waals surface area contributed by atoms with E-state index in [2.05, 4.69) is 39.2 Å². The van der Waals surface area contributed by atoms with Crippen molar-refractivity contribution >= 4 is 33.4 Å². The highest BCUT2D eigenvalue weighted by atomic mass is 32.2. The lowest BCUT2D eigenvalue weighted by atomic mass is 10.00. The van der Waals surface area contributed by atoms with Gasteiger partial charge in [-0.3, -0.25) is 9.69 Å². The van der Waals surface area contributed by atoms with Crippen molar-refractivity contribution in [1.82, 2.24) is 9.62 Å². The molecule has 2 aliphatic rings. The van der Waals surface area contributed by atoms with Crippen molar-refractivity contribution in [3.63, 3.8) is 0 Å². The van der Waals surface area contributed by atoms with Gasteiger partial charge in [0.1, 0.15) is 0 Å². The fourth-order valence-corrected chi connectivity index (χ4v) is 5.89. The molecule has 8 heteroatoms. The first-order chi connectivity index (χ1) is 14.4. The lowest BCUT2D eigenvalue weighted by Crippen LogP contribution is -2.33. The van der Waals surface area contributed by atoms with Gasteiger partial charge in [0.05, 0.1) is 10.6 Å². The molecule has 0 spiro atoms. The van der Waals surface area contributed by atoms with Crippen LogP contribution < -0.4 is 10.0 Å². The van der Waals surface area contributed by atoms with Crippen molar-refractivity contribution in [2.24, 2.45) is 5.92 Å². The number of carbonyl (C=O) groups is 1. The molecule has 2 aliphatic heterocycles. The molecule has 2 heterocycles. The maximum atomic E-state index is 12.7. The Hall–Kier alpha value is -1.87. The molecule has 0 radical (unpaired) electrons. The second-order valence-electron chi connectivity index (χ2n) is 7.91. The van der Waals surface area contributed by atoms with Crippen LogP contribution in [0, 0.1) is 5.92 Å². The second kappa shape index (κ2) is 9.09. The highest BCUT2D eigenvalue weighted by molar-refractivity contribution is 7.99. The van der Waals surface area contributed by atoms with E-state index < -0.39 is 10.0 Å². The number of benzene rings is 2. The Bertz CT molecular complexity index is 1040. The van der Waals surface area contributed by atoms with Crippen LogP contribution in [0.4, 0.5) is 5.69 Å². The summed E-state index contributed by atoms with van der Waals surface area (Å²) in [5.41, 5.74) is 3.35. The van der Waals surface area contributed by atoms with Crippen molar-refractivity contribution in [1.29, 1.82) is 0 Å². The monoisotopic (exact) mass is 445 g/mol.